The summed E-state index contributed by atoms with van der Waals surface area (Å²) in [6, 6.07) is 0. The molecule has 0 radical (unpaired) electrons. The summed E-state index contributed by atoms with van der Waals surface area (Å²) in [4.78, 5) is 11.1. The summed E-state index contributed by atoms with van der Waals surface area (Å²) in [5, 5.41) is 2.75. The van der Waals surface area contributed by atoms with E-state index < -0.39 is 0 Å². The third kappa shape index (κ3) is 4.49. The maximum absolute atomic E-state index is 11.1. The molecule has 1 aliphatic rings. The third-order valence-electron chi connectivity index (χ3n) is 2.70. The predicted octanol–water partition coefficient (Wildman–Crippen LogP) is 2.41. The van der Waals surface area contributed by atoms with Crippen molar-refractivity contribution < 1.29 is 9.53 Å². The zero-order valence-electron chi connectivity index (χ0n) is 9.38. The van der Waals surface area contributed by atoms with Crippen LogP contribution in [0.25, 0.3) is 0 Å². The zero-order valence-corrected chi connectivity index (χ0v) is 9.38. The Bertz CT molecular complexity index is 192. The molecule has 1 fully saturated rings. The maximum Gasteiger partial charge on any atom is 0.407 e. The molecule has 1 saturated carbocycles. The van der Waals surface area contributed by atoms with Gasteiger partial charge in [0.25, 0.3) is 0 Å². The number of hydrogen-bond donors (Lipinski definition) is 1. The number of hydrogen-bond acceptors (Lipinski definition) is 2. The standard InChI is InChI=1S/C11H21NO2/c1-8(2)4-5-12-11(13)14-7-10-6-9(10)3/h8-10H,4-7H2,1-3H3,(H,12,13). The summed E-state index contributed by atoms with van der Waals surface area (Å²) in [7, 11) is 0. The minimum absolute atomic E-state index is 0.259. The van der Waals surface area contributed by atoms with Gasteiger partial charge in [0.05, 0.1) is 6.61 Å². The Morgan fingerprint density at radius 2 is 2.21 bits per heavy atom. The second kappa shape index (κ2) is 5.23. The first-order valence-electron chi connectivity index (χ1n) is 5.50. The summed E-state index contributed by atoms with van der Waals surface area (Å²) in [5.41, 5.74) is 0. The Hall–Kier alpha value is -0.730. The largest absolute Gasteiger partial charge is 0.449 e. The van der Waals surface area contributed by atoms with E-state index in [-0.39, 0.29) is 6.09 Å². The van der Waals surface area contributed by atoms with Crippen LogP contribution in [-0.4, -0.2) is 19.2 Å². The molecule has 0 saturated heterocycles. The van der Waals surface area contributed by atoms with Gasteiger partial charge in [-0.3, -0.25) is 0 Å². The van der Waals surface area contributed by atoms with Gasteiger partial charge in [0.2, 0.25) is 0 Å². The van der Waals surface area contributed by atoms with Crippen LogP contribution in [0.1, 0.15) is 33.6 Å². The number of carbonyl (C=O) groups excluding carboxylic acids is 1. The monoisotopic (exact) mass is 199 g/mol. The first kappa shape index (κ1) is 11.3. The van der Waals surface area contributed by atoms with Crippen LogP contribution in [0.15, 0.2) is 0 Å². The molecule has 0 heterocycles. The van der Waals surface area contributed by atoms with E-state index in [1.54, 1.807) is 0 Å². The molecule has 0 aromatic rings. The lowest BCUT2D eigenvalue weighted by Crippen LogP contribution is -2.26. The molecule has 1 aliphatic carbocycles. The number of carbonyl (C=O) groups is 1. The van der Waals surface area contributed by atoms with Gasteiger partial charge in [-0.2, -0.15) is 0 Å². The van der Waals surface area contributed by atoms with E-state index in [1.165, 1.54) is 6.42 Å². The minimum Gasteiger partial charge on any atom is -0.449 e. The van der Waals surface area contributed by atoms with Crippen molar-refractivity contribution in [1.29, 1.82) is 0 Å². The van der Waals surface area contributed by atoms with Crippen LogP contribution in [0.4, 0.5) is 4.79 Å². The van der Waals surface area contributed by atoms with Crippen LogP contribution in [0.2, 0.25) is 0 Å². The normalized spacial score (nSPS) is 24.9. The summed E-state index contributed by atoms with van der Waals surface area (Å²) in [6.07, 6.45) is 1.96. The van der Waals surface area contributed by atoms with E-state index in [9.17, 15) is 4.79 Å². The van der Waals surface area contributed by atoms with Gasteiger partial charge in [-0.15, -0.1) is 0 Å². The highest BCUT2D eigenvalue weighted by Gasteiger charge is 2.33. The lowest BCUT2D eigenvalue weighted by atomic mass is 10.1. The lowest BCUT2D eigenvalue weighted by Gasteiger charge is -2.07. The first-order chi connectivity index (χ1) is 6.59. The Balaban J connectivity index is 1.93. The summed E-state index contributed by atoms with van der Waals surface area (Å²) < 4.78 is 5.07. The molecule has 1 rings (SSSR count). The van der Waals surface area contributed by atoms with Crippen LogP contribution >= 0.6 is 0 Å². The molecule has 14 heavy (non-hydrogen) atoms. The van der Waals surface area contributed by atoms with E-state index in [4.69, 9.17) is 4.74 Å². The van der Waals surface area contributed by atoms with Crippen molar-refractivity contribution in [1.82, 2.24) is 5.32 Å². The Kier molecular flexibility index (Phi) is 4.23. The van der Waals surface area contributed by atoms with Crippen molar-refractivity contribution in [2.24, 2.45) is 17.8 Å². The summed E-state index contributed by atoms with van der Waals surface area (Å²) in [5.74, 6) is 1.99. The average Bonchev–Trinajstić information content (AvgIpc) is 2.78. The molecule has 82 valence electrons. The van der Waals surface area contributed by atoms with Crippen LogP contribution in [0.5, 0.6) is 0 Å². The maximum atomic E-state index is 11.1. The van der Waals surface area contributed by atoms with E-state index in [2.05, 4.69) is 26.1 Å². The summed E-state index contributed by atoms with van der Waals surface area (Å²) >= 11 is 0. The quantitative estimate of drug-likeness (QED) is 0.738. The van der Waals surface area contributed by atoms with Gasteiger partial charge in [-0.1, -0.05) is 20.8 Å². The van der Waals surface area contributed by atoms with Crippen LogP contribution in [-0.2, 0) is 4.74 Å². The van der Waals surface area contributed by atoms with Crippen LogP contribution in [0.3, 0.4) is 0 Å². The van der Waals surface area contributed by atoms with Crippen molar-refractivity contribution in [2.45, 2.75) is 33.6 Å². The van der Waals surface area contributed by atoms with E-state index in [0.717, 1.165) is 18.9 Å². The molecule has 1 N–H and O–H groups in total. The number of ether oxygens (including phenoxy) is 1. The van der Waals surface area contributed by atoms with Gasteiger partial charge < -0.3 is 10.1 Å². The second-order valence-corrected chi connectivity index (χ2v) is 4.68. The van der Waals surface area contributed by atoms with Crippen molar-refractivity contribution in [2.75, 3.05) is 13.2 Å². The van der Waals surface area contributed by atoms with Crippen molar-refractivity contribution in [3.8, 4) is 0 Å². The van der Waals surface area contributed by atoms with Gasteiger partial charge >= 0.3 is 6.09 Å². The average molecular weight is 199 g/mol. The molecule has 0 spiro atoms. The van der Waals surface area contributed by atoms with E-state index >= 15 is 0 Å². The van der Waals surface area contributed by atoms with Crippen LogP contribution in [0, 0.1) is 17.8 Å². The fraction of sp³-hybridized carbons (Fsp3) is 0.909. The Labute approximate surface area is 86.2 Å². The Morgan fingerprint density at radius 1 is 1.57 bits per heavy atom. The highest BCUT2D eigenvalue weighted by atomic mass is 16.5. The van der Waals surface area contributed by atoms with Crippen molar-refractivity contribution in [3.63, 3.8) is 0 Å². The molecule has 0 aromatic heterocycles. The second-order valence-electron chi connectivity index (χ2n) is 4.68. The van der Waals surface area contributed by atoms with Gasteiger partial charge in [0.1, 0.15) is 0 Å². The first-order valence-corrected chi connectivity index (χ1v) is 5.50. The zero-order chi connectivity index (χ0) is 10.6. The van der Waals surface area contributed by atoms with Crippen molar-refractivity contribution >= 4 is 6.09 Å². The molecule has 0 aliphatic heterocycles. The van der Waals surface area contributed by atoms with Crippen LogP contribution < -0.4 is 5.32 Å². The molecule has 0 aromatic carbocycles. The third-order valence-corrected chi connectivity index (χ3v) is 2.70. The van der Waals surface area contributed by atoms with E-state index in [0.29, 0.717) is 18.4 Å². The number of nitrogens with one attached hydrogen (secondary N) is 1. The van der Waals surface area contributed by atoms with Gasteiger partial charge in [0.15, 0.2) is 0 Å². The highest BCUT2D eigenvalue weighted by Crippen LogP contribution is 2.37. The number of alkyl carbamates (subject to hydrolysis) is 1. The van der Waals surface area contributed by atoms with Gasteiger partial charge in [-0.25, -0.2) is 4.79 Å². The minimum atomic E-state index is -0.259. The molecular weight excluding hydrogens is 178 g/mol. The molecule has 2 unspecified atom stereocenters. The lowest BCUT2D eigenvalue weighted by molar-refractivity contribution is 0.139. The molecule has 3 nitrogen and oxygen atoms in total. The van der Waals surface area contributed by atoms with E-state index in [1.807, 2.05) is 0 Å². The molecule has 3 heteroatoms. The fourth-order valence-corrected chi connectivity index (χ4v) is 1.33. The number of rotatable bonds is 5. The molecular formula is C11H21NO2. The highest BCUT2D eigenvalue weighted by molar-refractivity contribution is 5.67. The Morgan fingerprint density at radius 3 is 2.71 bits per heavy atom. The van der Waals surface area contributed by atoms with Gasteiger partial charge in [0, 0.05) is 6.54 Å². The fourth-order valence-electron chi connectivity index (χ4n) is 1.33. The molecule has 2 atom stereocenters. The number of amides is 1. The van der Waals surface area contributed by atoms with Crippen molar-refractivity contribution in [3.05, 3.63) is 0 Å². The predicted molar refractivity (Wildman–Crippen MR) is 56.1 cm³/mol. The topological polar surface area (TPSA) is 38.3 Å². The molecule has 1 amide bonds. The smallest absolute Gasteiger partial charge is 0.407 e. The SMILES string of the molecule is CC(C)CCNC(=O)OCC1CC1C. The van der Waals surface area contributed by atoms with Gasteiger partial charge in [-0.05, 0) is 30.6 Å². The molecule has 0 bridgehead atoms. The summed E-state index contributed by atoms with van der Waals surface area (Å²) in [6.45, 7) is 7.77.